The minimum absolute atomic E-state index is 0.0223. The molecular weight excluding hydrogens is 318 g/mol. The minimum atomic E-state index is -0.499. The zero-order valence-corrected chi connectivity index (χ0v) is 14.4. The third kappa shape index (κ3) is 3.79. The van der Waals surface area contributed by atoms with Gasteiger partial charge in [-0.3, -0.25) is 14.6 Å². The summed E-state index contributed by atoms with van der Waals surface area (Å²) in [5.41, 5.74) is 6.29. The Morgan fingerprint density at radius 3 is 2.96 bits per heavy atom. The van der Waals surface area contributed by atoms with Crippen LogP contribution < -0.4 is 5.73 Å². The molecule has 25 heavy (non-hydrogen) atoms. The molecular formula is C19H23N3O3. The normalized spacial score (nSPS) is 20.6. The summed E-state index contributed by atoms with van der Waals surface area (Å²) in [6.07, 6.45) is 4.19. The van der Waals surface area contributed by atoms with Crippen LogP contribution in [0.3, 0.4) is 0 Å². The summed E-state index contributed by atoms with van der Waals surface area (Å²) in [7, 11) is 1.64. The van der Waals surface area contributed by atoms with Gasteiger partial charge in [-0.1, -0.05) is 6.07 Å². The largest absolute Gasteiger partial charge is 0.376 e. The maximum atomic E-state index is 12.9. The number of ether oxygens (including phenoxy) is 1. The van der Waals surface area contributed by atoms with Crippen molar-refractivity contribution < 1.29 is 14.3 Å². The summed E-state index contributed by atoms with van der Waals surface area (Å²) in [5, 5.41) is 0.942. The molecule has 6 heteroatoms. The second-order valence-electron chi connectivity index (χ2n) is 6.59. The highest BCUT2D eigenvalue weighted by molar-refractivity contribution is 5.98. The summed E-state index contributed by atoms with van der Waals surface area (Å²) in [6, 6.07) is 9.35. The van der Waals surface area contributed by atoms with E-state index in [1.165, 1.54) is 0 Å². The zero-order valence-electron chi connectivity index (χ0n) is 14.4. The Hall–Kier alpha value is -2.47. The molecule has 0 radical (unpaired) electrons. The molecule has 1 fully saturated rings. The summed E-state index contributed by atoms with van der Waals surface area (Å²) in [5.74, 6) is -0.368. The number of hydrogen-bond acceptors (Lipinski definition) is 4. The van der Waals surface area contributed by atoms with Crippen molar-refractivity contribution in [3.63, 3.8) is 0 Å². The van der Waals surface area contributed by atoms with E-state index >= 15 is 0 Å². The molecule has 1 aliphatic heterocycles. The van der Waals surface area contributed by atoms with Crippen molar-refractivity contribution in [2.75, 3.05) is 20.2 Å². The molecule has 0 aliphatic carbocycles. The monoisotopic (exact) mass is 341 g/mol. The van der Waals surface area contributed by atoms with E-state index in [1.807, 2.05) is 35.2 Å². The Kier molecular flexibility index (Phi) is 4.99. The molecule has 1 atom stereocenters. The minimum Gasteiger partial charge on any atom is -0.376 e. The number of carbonyl (C=O) groups excluding carboxylic acids is 2. The van der Waals surface area contributed by atoms with Crippen LogP contribution in [-0.2, 0) is 9.53 Å². The quantitative estimate of drug-likeness (QED) is 0.902. The lowest BCUT2D eigenvalue weighted by atomic mass is 9.87. The molecule has 0 unspecified atom stereocenters. The van der Waals surface area contributed by atoms with Crippen molar-refractivity contribution in [3.8, 4) is 0 Å². The standard InChI is InChI=1S/C19H23N3O3/c1-25-19(9-7-17(20)23)8-3-11-22(13-19)18(24)15-5-6-16-14(12-15)4-2-10-21-16/h2,4-6,10,12H,3,7-9,11,13H2,1H3,(H2,20,23)/t19-/m1/s1. The molecule has 0 bridgehead atoms. The predicted octanol–water partition coefficient (Wildman–Crippen LogP) is 2.12. The predicted molar refractivity (Wildman–Crippen MR) is 95.0 cm³/mol. The van der Waals surface area contributed by atoms with Gasteiger partial charge in [0.1, 0.15) is 0 Å². The first-order valence-electron chi connectivity index (χ1n) is 8.50. The van der Waals surface area contributed by atoms with Crippen LogP contribution in [0.5, 0.6) is 0 Å². The highest BCUT2D eigenvalue weighted by Crippen LogP contribution is 2.30. The average molecular weight is 341 g/mol. The molecule has 2 aromatic rings. The lowest BCUT2D eigenvalue weighted by Gasteiger charge is -2.42. The van der Waals surface area contributed by atoms with E-state index in [1.54, 1.807) is 13.3 Å². The van der Waals surface area contributed by atoms with Crippen molar-refractivity contribution >= 4 is 22.7 Å². The van der Waals surface area contributed by atoms with Gasteiger partial charge in [0.2, 0.25) is 5.91 Å². The number of fused-ring (bicyclic) bond motifs is 1. The van der Waals surface area contributed by atoms with Gasteiger partial charge >= 0.3 is 0 Å². The third-order valence-electron chi connectivity index (χ3n) is 4.94. The molecule has 0 saturated carbocycles. The van der Waals surface area contributed by atoms with Crippen molar-refractivity contribution in [1.29, 1.82) is 0 Å². The molecule has 2 N–H and O–H groups in total. The highest BCUT2D eigenvalue weighted by Gasteiger charge is 2.37. The van der Waals surface area contributed by atoms with Crippen LogP contribution in [0.25, 0.3) is 10.9 Å². The van der Waals surface area contributed by atoms with Crippen molar-refractivity contribution in [2.24, 2.45) is 5.73 Å². The number of likely N-dealkylation sites (tertiary alicyclic amines) is 1. The van der Waals surface area contributed by atoms with Gasteiger partial charge in [-0.2, -0.15) is 0 Å². The van der Waals surface area contributed by atoms with Crippen LogP contribution in [0.4, 0.5) is 0 Å². The van der Waals surface area contributed by atoms with Crippen LogP contribution in [0.1, 0.15) is 36.0 Å². The lowest BCUT2D eigenvalue weighted by Crippen LogP contribution is -2.51. The van der Waals surface area contributed by atoms with Crippen molar-refractivity contribution in [3.05, 3.63) is 42.1 Å². The van der Waals surface area contributed by atoms with E-state index in [0.29, 0.717) is 25.1 Å². The molecule has 1 aromatic heterocycles. The molecule has 3 rings (SSSR count). The van der Waals surface area contributed by atoms with Gasteiger partial charge in [0.15, 0.2) is 0 Å². The number of rotatable bonds is 5. The van der Waals surface area contributed by atoms with Gasteiger partial charge < -0.3 is 15.4 Å². The van der Waals surface area contributed by atoms with Crippen LogP contribution in [0.15, 0.2) is 36.5 Å². The Morgan fingerprint density at radius 1 is 1.36 bits per heavy atom. The first-order valence-corrected chi connectivity index (χ1v) is 8.50. The van der Waals surface area contributed by atoms with Crippen LogP contribution in [0.2, 0.25) is 0 Å². The number of aromatic nitrogens is 1. The maximum Gasteiger partial charge on any atom is 0.253 e. The number of nitrogens with two attached hydrogens (primary N) is 1. The van der Waals surface area contributed by atoms with E-state index in [9.17, 15) is 9.59 Å². The number of amides is 2. The lowest BCUT2D eigenvalue weighted by molar-refractivity contribution is -0.120. The fourth-order valence-corrected chi connectivity index (χ4v) is 3.49. The Balaban J connectivity index is 1.79. The number of benzene rings is 1. The first-order chi connectivity index (χ1) is 12.0. The molecule has 2 amide bonds. The van der Waals surface area contributed by atoms with Gasteiger partial charge in [-0.05, 0) is 43.5 Å². The number of carbonyl (C=O) groups is 2. The fraction of sp³-hybridized carbons (Fsp3) is 0.421. The molecule has 1 aromatic carbocycles. The van der Waals surface area contributed by atoms with Crippen LogP contribution >= 0.6 is 0 Å². The first kappa shape index (κ1) is 17.4. The summed E-state index contributed by atoms with van der Waals surface area (Å²) in [4.78, 5) is 30.2. The number of primary amides is 1. The van der Waals surface area contributed by atoms with Gasteiger partial charge in [-0.15, -0.1) is 0 Å². The highest BCUT2D eigenvalue weighted by atomic mass is 16.5. The average Bonchev–Trinajstić information content (AvgIpc) is 2.65. The maximum absolute atomic E-state index is 12.9. The fourth-order valence-electron chi connectivity index (χ4n) is 3.49. The van der Waals surface area contributed by atoms with E-state index < -0.39 is 5.60 Å². The topological polar surface area (TPSA) is 85.5 Å². The number of hydrogen-bond donors (Lipinski definition) is 1. The molecule has 0 spiro atoms. The number of nitrogens with zero attached hydrogens (tertiary/aromatic N) is 2. The van der Waals surface area contributed by atoms with E-state index in [0.717, 1.165) is 23.7 Å². The molecule has 1 aliphatic rings. The van der Waals surface area contributed by atoms with Gasteiger partial charge in [-0.25, -0.2) is 0 Å². The molecule has 2 heterocycles. The van der Waals surface area contributed by atoms with Crippen LogP contribution in [0, 0.1) is 0 Å². The summed E-state index contributed by atoms with van der Waals surface area (Å²) < 4.78 is 5.70. The second-order valence-corrected chi connectivity index (χ2v) is 6.59. The Morgan fingerprint density at radius 2 is 2.20 bits per heavy atom. The summed E-state index contributed by atoms with van der Waals surface area (Å²) >= 11 is 0. The smallest absolute Gasteiger partial charge is 0.253 e. The zero-order chi connectivity index (χ0) is 17.9. The summed E-state index contributed by atoms with van der Waals surface area (Å²) in [6.45, 7) is 1.16. The number of piperidine rings is 1. The van der Waals surface area contributed by atoms with E-state index in [2.05, 4.69) is 4.98 Å². The van der Waals surface area contributed by atoms with Crippen molar-refractivity contribution in [2.45, 2.75) is 31.3 Å². The van der Waals surface area contributed by atoms with Crippen molar-refractivity contribution in [1.82, 2.24) is 9.88 Å². The van der Waals surface area contributed by atoms with E-state index in [4.69, 9.17) is 10.5 Å². The number of methoxy groups -OCH3 is 1. The molecule has 1 saturated heterocycles. The van der Waals surface area contributed by atoms with Crippen LogP contribution in [-0.4, -0.2) is 47.5 Å². The molecule has 6 nitrogen and oxygen atoms in total. The molecule has 132 valence electrons. The van der Waals surface area contributed by atoms with Gasteiger partial charge in [0, 0.05) is 43.8 Å². The SMILES string of the molecule is CO[C@@]1(CCC(N)=O)CCCN(C(=O)c2ccc3ncccc3c2)C1. The van der Waals surface area contributed by atoms with Gasteiger partial charge in [0.25, 0.3) is 5.91 Å². The van der Waals surface area contributed by atoms with E-state index in [-0.39, 0.29) is 18.2 Å². The van der Waals surface area contributed by atoms with Gasteiger partial charge in [0.05, 0.1) is 11.1 Å². The Labute approximate surface area is 147 Å². The third-order valence-corrected chi connectivity index (χ3v) is 4.94. The Bertz CT molecular complexity index is 792. The number of pyridine rings is 1. The second kappa shape index (κ2) is 7.19.